The molecule has 0 aromatic heterocycles. The molecule has 0 fully saturated rings. The number of likely N-dealkylation sites (N-methyl/N-ethyl adjacent to an activating group) is 2. The fourth-order valence-corrected chi connectivity index (χ4v) is 2.98. The first kappa shape index (κ1) is 16.3. The number of hydrogen-bond acceptors (Lipinski definition) is 7. The summed E-state index contributed by atoms with van der Waals surface area (Å²) < 4.78 is 14.4. The van der Waals surface area contributed by atoms with Crippen LogP contribution in [0.15, 0.2) is 59.5 Å². The van der Waals surface area contributed by atoms with Gasteiger partial charge in [-0.05, 0) is 24.4 Å². The standard InChI is InChI=1S/C16H21FN6O/c1-22-10(9-5-7-20-15(18)13(9)17)3-4-12(24)14(22)11-6-8-21-16(19)23(11)2/h3-8,10,15-16,20-21H,18-19H2,1-2H3. The molecule has 0 aromatic carbocycles. The van der Waals surface area contributed by atoms with Crippen LogP contribution in [-0.4, -0.2) is 48.2 Å². The number of ketones is 1. The third kappa shape index (κ3) is 2.59. The van der Waals surface area contributed by atoms with Gasteiger partial charge in [0.2, 0.25) is 5.78 Å². The van der Waals surface area contributed by atoms with Crippen molar-refractivity contribution in [1.29, 1.82) is 0 Å². The van der Waals surface area contributed by atoms with Gasteiger partial charge in [0.1, 0.15) is 17.7 Å². The van der Waals surface area contributed by atoms with Crippen molar-refractivity contribution in [2.75, 3.05) is 14.1 Å². The van der Waals surface area contributed by atoms with Gasteiger partial charge in [0, 0.05) is 25.9 Å². The van der Waals surface area contributed by atoms with Crippen molar-refractivity contribution in [1.82, 2.24) is 20.4 Å². The smallest absolute Gasteiger partial charge is 0.203 e. The monoisotopic (exact) mass is 332 g/mol. The Morgan fingerprint density at radius 3 is 2.54 bits per heavy atom. The summed E-state index contributed by atoms with van der Waals surface area (Å²) in [5.41, 5.74) is 13.2. The maximum atomic E-state index is 14.4. The molecule has 8 heteroatoms. The molecule has 0 aliphatic carbocycles. The molecule has 0 bridgehead atoms. The van der Waals surface area contributed by atoms with Crippen LogP contribution in [0.1, 0.15) is 0 Å². The zero-order chi connectivity index (χ0) is 17.4. The zero-order valence-corrected chi connectivity index (χ0v) is 13.5. The van der Waals surface area contributed by atoms with E-state index >= 15 is 0 Å². The number of nitrogens with two attached hydrogens (primary N) is 2. The van der Waals surface area contributed by atoms with Crippen molar-refractivity contribution < 1.29 is 9.18 Å². The number of carbonyl (C=O) groups excluding carboxylic acids is 1. The highest BCUT2D eigenvalue weighted by molar-refractivity contribution is 6.05. The fourth-order valence-electron chi connectivity index (χ4n) is 2.98. The molecule has 3 rings (SSSR count). The Morgan fingerprint density at radius 1 is 1.08 bits per heavy atom. The third-order valence-electron chi connectivity index (χ3n) is 4.39. The number of hydrogen-bond donors (Lipinski definition) is 4. The molecule has 3 aliphatic rings. The molecule has 3 aliphatic heterocycles. The Hall–Kier alpha value is -2.58. The molecule has 7 nitrogen and oxygen atoms in total. The van der Waals surface area contributed by atoms with Crippen molar-refractivity contribution in [2.45, 2.75) is 18.5 Å². The zero-order valence-electron chi connectivity index (χ0n) is 13.5. The summed E-state index contributed by atoms with van der Waals surface area (Å²) in [7, 11) is 3.55. The number of nitrogens with zero attached hydrogens (tertiary/aromatic N) is 2. The van der Waals surface area contributed by atoms with Gasteiger partial charge >= 0.3 is 0 Å². The molecule has 0 aromatic rings. The van der Waals surface area contributed by atoms with E-state index < -0.39 is 24.3 Å². The predicted molar refractivity (Wildman–Crippen MR) is 89.1 cm³/mol. The first-order chi connectivity index (χ1) is 11.4. The summed E-state index contributed by atoms with van der Waals surface area (Å²) in [6.45, 7) is 0. The molecular weight excluding hydrogens is 311 g/mol. The van der Waals surface area contributed by atoms with Crippen molar-refractivity contribution in [3.05, 3.63) is 59.5 Å². The Balaban J connectivity index is 2.06. The minimum Gasteiger partial charge on any atom is -0.370 e. The highest BCUT2D eigenvalue weighted by Gasteiger charge is 2.33. The van der Waals surface area contributed by atoms with E-state index in [1.54, 1.807) is 54.5 Å². The second-order valence-electron chi connectivity index (χ2n) is 5.85. The van der Waals surface area contributed by atoms with E-state index in [4.69, 9.17) is 11.5 Å². The van der Waals surface area contributed by atoms with E-state index in [2.05, 4.69) is 10.6 Å². The molecule has 0 spiro atoms. The summed E-state index contributed by atoms with van der Waals surface area (Å²) in [5, 5.41) is 5.66. The maximum absolute atomic E-state index is 14.4. The number of carbonyl (C=O) groups is 1. The van der Waals surface area contributed by atoms with Gasteiger partial charge in [-0.3, -0.25) is 10.5 Å². The van der Waals surface area contributed by atoms with Crippen LogP contribution in [0.3, 0.4) is 0 Å². The van der Waals surface area contributed by atoms with Crippen LogP contribution in [0.25, 0.3) is 0 Å². The first-order valence-electron chi connectivity index (χ1n) is 7.60. The van der Waals surface area contributed by atoms with Gasteiger partial charge in [-0.25, -0.2) is 4.39 Å². The average Bonchev–Trinajstić information content (AvgIpc) is 2.55. The van der Waals surface area contributed by atoms with Gasteiger partial charge in [0.15, 0.2) is 6.29 Å². The minimum absolute atomic E-state index is 0.155. The van der Waals surface area contributed by atoms with Crippen LogP contribution in [-0.2, 0) is 4.79 Å². The summed E-state index contributed by atoms with van der Waals surface area (Å²) >= 11 is 0. The van der Waals surface area contributed by atoms with Gasteiger partial charge in [0.25, 0.3) is 0 Å². The second kappa shape index (κ2) is 6.14. The van der Waals surface area contributed by atoms with Gasteiger partial charge in [-0.15, -0.1) is 0 Å². The molecule has 3 atom stereocenters. The third-order valence-corrected chi connectivity index (χ3v) is 4.39. The second-order valence-corrected chi connectivity index (χ2v) is 5.85. The number of nitrogens with one attached hydrogen (secondary N) is 2. The normalized spacial score (nSPS) is 33.0. The van der Waals surface area contributed by atoms with Crippen molar-refractivity contribution in [3.63, 3.8) is 0 Å². The highest BCUT2D eigenvalue weighted by Crippen LogP contribution is 2.30. The van der Waals surface area contributed by atoms with E-state index in [9.17, 15) is 9.18 Å². The maximum Gasteiger partial charge on any atom is 0.203 e. The molecular formula is C16H21FN6O. The van der Waals surface area contributed by atoms with Crippen molar-refractivity contribution in [3.8, 4) is 0 Å². The predicted octanol–water partition coefficient (Wildman–Crippen LogP) is -0.446. The van der Waals surface area contributed by atoms with E-state index in [1.807, 2.05) is 0 Å². The quantitative estimate of drug-likeness (QED) is 0.483. The van der Waals surface area contributed by atoms with Gasteiger partial charge < -0.3 is 26.2 Å². The molecule has 0 saturated carbocycles. The van der Waals surface area contributed by atoms with Crippen LogP contribution >= 0.6 is 0 Å². The van der Waals surface area contributed by atoms with Crippen LogP contribution in [0.4, 0.5) is 4.39 Å². The van der Waals surface area contributed by atoms with E-state index in [-0.39, 0.29) is 5.78 Å². The molecule has 24 heavy (non-hydrogen) atoms. The Morgan fingerprint density at radius 2 is 1.79 bits per heavy atom. The van der Waals surface area contributed by atoms with Crippen LogP contribution in [0, 0.1) is 0 Å². The molecule has 6 N–H and O–H groups in total. The number of allylic oxidation sites excluding steroid dienone is 2. The molecule has 0 saturated heterocycles. The first-order valence-corrected chi connectivity index (χ1v) is 7.60. The lowest BCUT2D eigenvalue weighted by Crippen LogP contribution is -2.51. The van der Waals surface area contributed by atoms with Crippen LogP contribution < -0.4 is 22.1 Å². The lowest BCUT2D eigenvalue weighted by Gasteiger charge is -2.39. The summed E-state index contributed by atoms with van der Waals surface area (Å²) in [6, 6.07) is -0.428. The van der Waals surface area contributed by atoms with E-state index in [0.717, 1.165) is 0 Å². The van der Waals surface area contributed by atoms with Crippen LogP contribution in [0.2, 0.25) is 0 Å². The van der Waals surface area contributed by atoms with Crippen molar-refractivity contribution >= 4 is 5.78 Å². The summed E-state index contributed by atoms with van der Waals surface area (Å²) in [6.07, 6.45) is 8.54. The van der Waals surface area contributed by atoms with Gasteiger partial charge in [-0.2, -0.15) is 0 Å². The minimum atomic E-state index is -0.879. The van der Waals surface area contributed by atoms with Crippen molar-refractivity contribution in [2.24, 2.45) is 11.5 Å². The van der Waals surface area contributed by atoms with Gasteiger partial charge in [0.05, 0.1) is 11.7 Å². The molecule has 3 heterocycles. The Kier molecular flexibility index (Phi) is 4.16. The Bertz CT molecular complexity index is 707. The molecule has 0 amide bonds. The summed E-state index contributed by atoms with van der Waals surface area (Å²) in [4.78, 5) is 16.0. The largest absolute Gasteiger partial charge is 0.370 e. The molecule has 3 unspecified atom stereocenters. The highest BCUT2D eigenvalue weighted by atomic mass is 19.1. The van der Waals surface area contributed by atoms with Gasteiger partial charge in [-0.1, -0.05) is 6.08 Å². The Labute approximate surface area is 139 Å². The number of halogens is 1. The molecule has 0 radical (unpaired) electrons. The van der Waals surface area contributed by atoms with E-state index in [0.29, 0.717) is 17.0 Å². The fraction of sp³-hybridized carbons (Fsp3) is 0.312. The molecule has 128 valence electrons. The summed E-state index contributed by atoms with van der Waals surface area (Å²) in [5.74, 6) is -0.596. The van der Waals surface area contributed by atoms with E-state index in [1.165, 1.54) is 6.08 Å². The SMILES string of the molecule is CN1C(=C2C(=O)C=CC(C3=C(F)C(N)NC=C3)N2C)C=CNC1N. The average molecular weight is 332 g/mol. The lowest BCUT2D eigenvalue weighted by molar-refractivity contribution is -0.113. The number of rotatable bonds is 1. The number of dihydropyridines is 1. The van der Waals surface area contributed by atoms with Crippen LogP contribution in [0.5, 0.6) is 0 Å². The lowest BCUT2D eigenvalue weighted by atomic mass is 9.95. The topological polar surface area (TPSA) is 99.6 Å².